The van der Waals surface area contributed by atoms with Crippen molar-refractivity contribution in [2.75, 3.05) is 13.6 Å². The molecule has 4 nitrogen and oxygen atoms in total. The van der Waals surface area contributed by atoms with Crippen LogP contribution < -0.4 is 4.74 Å². The van der Waals surface area contributed by atoms with Crippen LogP contribution in [0.1, 0.15) is 12.0 Å². The molecule has 1 saturated heterocycles. The van der Waals surface area contributed by atoms with Gasteiger partial charge in [-0.25, -0.2) is 0 Å². The fourth-order valence-corrected chi connectivity index (χ4v) is 1.71. The van der Waals surface area contributed by atoms with Gasteiger partial charge >= 0.3 is 0 Å². The highest BCUT2D eigenvalue weighted by Gasteiger charge is 2.31. The van der Waals surface area contributed by atoms with Crippen LogP contribution in [-0.4, -0.2) is 30.5 Å². The highest BCUT2D eigenvalue weighted by Crippen LogP contribution is 2.22. The standard InChI is InChI=1S/C12H12N2O2/c1-14-7-6-11(12(14)15)16-10-5-3-2-4-9(10)8-13/h2-5,11H,6-7H2,1H3. The number of hydrogen-bond donors (Lipinski definition) is 0. The Morgan fingerprint density at radius 1 is 1.50 bits per heavy atom. The minimum absolute atomic E-state index is 0.0206. The van der Waals surface area contributed by atoms with Crippen LogP contribution in [0.15, 0.2) is 24.3 Å². The molecule has 1 amide bonds. The lowest BCUT2D eigenvalue weighted by Crippen LogP contribution is -2.29. The molecule has 1 unspecified atom stereocenters. The molecular formula is C12H12N2O2. The van der Waals surface area contributed by atoms with Gasteiger partial charge in [0.05, 0.1) is 5.56 Å². The number of nitrogens with zero attached hydrogens (tertiary/aromatic N) is 2. The monoisotopic (exact) mass is 216 g/mol. The molecule has 1 heterocycles. The lowest BCUT2D eigenvalue weighted by atomic mass is 10.2. The maximum absolute atomic E-state index is 11.6. The van der Waals surface area contributed by atoms with E-state index >= 15 is 0 Å². The van der Waals surface area contributed by atoms with E-state index in [2.05, 4.69) is 0 Å². The molecule has 0 aromatic heterocycles. The molecule has 4 heteroatoms. The predicted molar refractivity (Wildman–Crippen MR) is 57.8 cm³/mol. The van der Waals surface area contributed by atoms with Gasteiger partial charge in [-0.15, -0.1) is 0 Å². The van der Waals surface area contributed by atoms with E-state index in [4.69, 9.17) is 10.00 Å². The van der Waals surface area contributed by atoms with Crippen molar-refractivity contribution in [2.24, 2.45) is 0 Å². The van der Waals surface area contributed by atoms with Crippen molar-refractivity contribution >= 4 is 5.91 Å². The van der Waals surface area contributed by atoms with E-state index in [1.807, 2.05) is 6.07 Å². The fourth-order valence-electron chi connectivity index (χ4n) is 1.71. The normalized spacial score (nSPS) is 19.6. The zero-order valence-electron chi connectivity index (χ0n) is 9.01. The predicted octanol–water partition coefficient (Wildman–Crippen LogP) is 1.17. The van der Waals surface area contributed by atoms with Crippen molar-refractivity contribution in [2.45, 2.75) is 12.5 Å². The van der Waals surface area contributed by atoms with E-state index in [-0.39, 0.29) is 5.91 Å². The SMILES string of the molecule is CN1CCC(Oc2ccccc2C#N)C1=O. The van der Waals surface area contributed by atoms with Gasteiger partial charge in [-0.1, -0.05) is 12.1 Å². The van der Waals surface area contributed by atoms with E-state index in [0.29, 0.717) is 24.3 Å². The highest BCUT2D eigenvalue weighted by molar-refractivity contribution is 5.83. The van der Waals surface area contributed by atoms with E-state index in [1.54, 1.807) is 36.2 Å². The Labute approximate surface area is 94.0 Å². The second kappa shape index (κ2) is 4.23. The van der Waals surface area contributed by atoms with E-state index in [9.17, 15) is 4.79 Å². The summed E-state index contributed by atoms with van der Waals surface area (Å²) < 4.78 is 5.57. The van der Waals surface area contributed by atoms with Crippen molar-refractivity contribution in [1.29, 1.82) is 5.26 Å². The number of para-hydroxylation sites is 1. The van der Waals surface area contributed by atoms with Gasteiger partial charge in [-0.2, -0.15) is 5.26 Å². The lowest BCUT2D eigenvalue weighted by molar-refractivity contribution is -0.132. The minimum Gasteiger partial charge on any atom is -0.479 e. The Bertz CT molecular complexity index is 451. The molecule has 0 bridgehead atoms. The third-order valence-corrected chi connectivity index (χ3v) is 2.66. The van der Waals surface area contributed by atoms with Gasteiger partial charge in [-0.3, -0.25) is 4.79 Å². The Hall–Kier alpha value is -2.02. The van der Waals surface area contributed by atoms with Crippen LogP contribution in [0, 0.1) is 11.3 Å². The molecule has 16 heavy (non-hydrogen) atoms. The van der Waals surface area contributed by atoms with Crippen molar-refractivity contribution in [1.82, 2.24) is 4.90 Å². The van der Waals surface area contributed by atoms with Crippen LogP contribution in [0.4, 0.5) is 0 Å². The summed E-state index contributed by atoms with van der Waals surface area (Å²) in [5, 5.41) is 8.88. The first-order valence-corrected chi connectivity index (χ1v) is 5.13. The molecular weight excluding hydrogens is 204 g/mol. The number of nitriles is 1. The number of benzene rings is 1. The van der Waals surface area contributed by atoms with Gasteiger partial charge in [0.15, 0.2) is 6.10 Å². The molecule has 1 aromatic carbocycles. The van der Waals surface area contributed by atoms with Gasteiger partial charge in [0.1, 0.15) is 11.8 Å². The topological polar surface area (TPSA) is 53.3 Å². The molecule has 0 radical (unpaired) electrons. The number of carbonyl (C=O) groups excluding carboxylic acids is 1. The summed E-state index contributed by atoms with van der Waals surface area (Å²) in [4.78, 5) is 13.3. The van der Waals surface area contributed by atoms with Gasteiger partial charge in [-0.05, 0) is 12.1 Å². The molecule has 1 aromatic rings. The van der Waals surface area contributed by atoms with Crippen LogP contribution in [0.5, 0.6) is 5.75 Å². The molecule has 82 valence electrons. The summed E-state index contributed by atoms with van der Waals surface area (Å²) in [6.07, 6.45) is 0.231. The molecule has 2 rings (SSSR count). The smallest absolute Gasteiger partial charge is 0.263 e. The first-order chi connectivity index (χ1) is 7.72. The van der Waals surface area contributed by atoms with Crippen LogP contribution in [0.3, 0.4) is 0 Å². The zero-order valence-corrected chi connectivity index (χ0v) is 9.01. The van der Waals surface area contributed by atoms with Crippen LogP contribution in [0.2, 0.25) is 0 Å². The second-order valence-electron chi connectivity index (χ2n) is 3.76. The van der Waals surface area contributed by atoms with Crippen molar-refractivity contribution in [3.63, 3.8) is 0 Å². The first-order valence-electron chi connectivity index (χ1n) is 5.13. The quantitative estimate of drug-likeness (QED) is 0.745. The summed E-state index contributed by atoms with van der Waals surface area (Å²) in [6, 6.07) is 9.00. The number of hydrogen-bond acceptors (Lipinski definition) is 3. The number of likely N-dealkylation sites (tertiary alicyclic amines) is 1. The Kier molecular flexibility index (Phi) is 2.78. The van der Waals surface area contributed by atoms with Gasteiger partial charge < -0.3 is 9.64 Å². The molecule has 0 N–H and O–H groups in total. The van der Waals surface area contributed by atoms with E-state index in [0.717, 1.165) is 0 Å². The third kappa shape index (κ3) is 1.84. The summed E-state index contributed by atoms with van der Waals surface area (Å²) in [5.41, 5.74) is 0.463. The third-order valence-electron chi connectivity index (χ3n) is 2.66. The number of ether oxygens (including phenoxy) is 1. The Balaban J connectivity index is 2.16. The largest absolute Gasteiger partial charge is 0.479 e. The number of amides is 1. The summed E-state index contributed by atoms with van der Waals surface area (Å²) in [5.74, 6) is 0.464. The first kappa shape index (κ1) is 10.5. The van der Waals surface area contributed by atoms with Crippen LogP contribution >= 0.6 is 0 Å². The highest BCUT2D eigenvalue weighted by atomic mass is 16.5. The lowest BCUT2D eigenvalue weighted by Gasteiger charge is -2.13. The maximum atomic E-state index is 11.6. The van der Waals surface area contributed by atoms with Gasteiger partial charge in [0.25, 0.3) is 5.91 Å². The van der Waals surface area contributed by atoms with Crippen molar-refractivity contribution < 1.29 is 9.53 Å². The van der Waals surface area contributed by atoms with E-state index < -0.39 is 6.10 Å². The van der Waals surface area contributed by atoms with Crippen molar-refractivity contribution in [3.05, 3.63) is 29.8 Å². The van der Waals surface area contributed by atoms with Crippen LogP contribution in [-0.2, 0) is 4.79 Å². The summed E-state index contributed by atoms with van der Waals surface area (Å²) >= 11 is 0. The fraction of sp³-hybridized carbons (Fsp3) is 0.333. The van der Waals surface area contributed by atoms with Crippen molar-refractivity contribution in [3.8, 4) is 11.8 Å². The summed E-state index contributed by atoms with van der Waals surface area (Å²) in [6.45, 7) is 0.707. The molecule has 0 saturated carbocycles. The Morgan fingerprint density at radius 3 is 2.88 bits per heavy atom. The number of carbonyl (C=O) groups is 1. The second-order valence-corrected chi connectivity index (χ2v) is 3.76. The number of rotatable bonds is 2. The van der Waals surface area contributed by atoms with Gasteiger partial charge in [0, 0.05) is 20.0 Å². The van der Waals surface area contributed by atoms with Crippen LogP contribution in [0.25, 0.3) is 0 Å². The molecule has 1 atom stereocenters. The maximum Gasteiger partial charge on any atom is 0.263 e. The molecule has 1 aliphatic rings. The molecule has 1 aliphatic heterocycles. The zero-order chi connectivity index (χ0) is 11.5. The minimum atomic E-state index is -0.445. The molecule has 0 spiro atoms. The average Bonchev–Trinajstić information content (AvgIpc) is 2.62. The van der Waals surface area contributed by atoms with E-state index in [1.165, 1.54) is 0 Å². The molecule has 1 fully saturated rings. The average molecular weight is 216 g/mol. The Morgan fingerprint density at radius 2 is 2.25 bits per heavy atom. The number of likely N-dealkylation sites (N-methyl/N-ethyl adjacent to an activating group) is 1. The van der Waals surface area contributed by atoms with Gasteiger partial charge in [0.2, 0.25) is 0 Å². The summed E-state index contributed by atoms with van der Waals surface area (Å²) in [7, 11) is 1.75. The molecule has 0 aliphatic carbocycles.